The molecule has 0 aliphatic rings. The van der Waals surface area contributed by atoms with Crippen LogP contribution in [0.5, 0.6) is 5.88 Å². The van der Waals surface area contributed by atoms with Gasteiger partial charge >= 0.3 is 5.97 Å². The van der Waals surface area contributed by atoms with Gasteiger partial charge in [0.2, 0.25) is 5.88 Å². The lowest BCUT2D eigenvalue weighted by molar-refractivity contribution is -0.143. The molecule has 0 aliphatic carbocycles. The highest BCUT2D eigenvalue weighted by atomic mass is 16.5. The number of rotatable bonds is 6. The number of aromatic hydroxyl groups is 1. The Morgan fingerprint density at radius 2 is 2.00 bits per heavy atom. The van der Waals surface area contributed by atoms with Crippen LogP contribution in [0, 0.1) is 0 Å². The summed E-state index contributed by atoms with van der Waals surface area (Å²) in [6, 6.07) is 11.8. The quantitative estimate of drug-likeness (QED) is 0.829. The van der Waals surface area contributed by atoms with Crippen LogP contribution in [-0.2, 0) is 22.4 Å². The van der Waals surface area contributed by atoms with E-state index >= 15 is 0 Å². The molecule has 0 amide bonds. The maximum atomic E-state index is 11.4. The first kappa shape index (κ1) is 15.0. The van der Waals surface area contributed by atoms with Gasteiger partial charge in [0.1, 0.15) is 0 Å². The van der Waals surface area contributed by atoms with Crippen LogP contribution in [0.2, 0.25) is 0 Å². The summed E-state index contributed by atoms with van der Waals surface area (Å²) in [7, 11) is 0. The van der Waals surface area contributed by atoms with E-state index in [-0.39, 0.29) is 11.8 Å². The molecule has 110 valence electrons. The first-order chi connectivity index (χ1) is 10.2. The second kappa shape index (κ2) is 7.43. The maximum Gasteiger partial charge on any atom is 0.306 e. The van der Waals surface area contributed by atoms with Crippen LogP contribution in [0.25, 0.3) is 0 Å². The Kier molecular flexibility index (Phi) is 5.32. The van der Waals surface area contributed by atoms with Gasteiger partial charge in [-0.3, -0.25) is 4.79 Å². The van der Waals surface area contributed by atoms with Crippen LogP contribution in [0.3, 0.4) is 0 Å². The Bertz CT molecular complexity index is 596. The van der Waals surface area contributed by atoms with Gasteiger partial charge in [-0.1, -0.05) is 30.3 Å². The van der Waals surface area contributed by atoms with Crippen molar-refractivity contribution in [1.82, 2.24) is 4.98 Å². The van der Waals surface area contributed by atoms with Crippen molar-refractivity contribution in [3.8, 4) is 5.88 Å². The number of aromatic nitrogens is 1. The number of hydrogen-bond donors (Lipinski definition) is 1. The predicted octanol–water partition coefficient (Wildman–Crippen LogP) is 2.87. The third-order valence-corrected chi connectivity index (χ3v) is 3.16. The third kappa shape index (κ3) is 4.60. The molecular weight excluding hydrogens is 266 g/mol. The maximum absolute atomic E-state index is 11.4. The van der Waals surface area contributed by atoms with Crippen LogP contribution in [0.15, 0.2) is 42.6 Å². The summed E-state index contributed by atoms with van der Waals surface area (Å²) in [6.45, 7) is 2.18. The summed E-state index contributed by atoms with van der Waals surface area (Å²) in [5.41, 5.74) is 2.80. The van der Waals surface area contributed by atoms with E-state index in [4.69, 9.17) is 4.74 Å². The van der Waals surface area contributed by atoms with E-state index in [9.17, 15) is 9.90 Å². The topological polar surface area (TPSA) is 59.4 Å². The molecular formula is C17H19NO3. The van der Waals surface area contributed by atoms with Crippen molar-refractivity contribution < 1.29 is 14.6 Å². The molecule has 1 aromatic heterocycles. The summed E-state index contributed by atoms with van der Waals surface area (Å²) >= 11 is 0. The van der Waals surface area contributed by atoms with Crippen LogP contribution in [-0.4, -0.2) is 22.7 Å². The summed E-state index contributed by atoms with van der Waals surface area (Å²) in [4.78, 5) is 15.4. The number of hydrogen-bond acceptors (Lipinski definition) is 4. The minimum absolute atomic E-state index is 0.0405. The largest absolute Gasteiger partial charge is 0.493 e. The molecule has 4 heteroatoms. The monoisotopic (exact) mass is 285 g/mol. The smallest absolute Gasteiger partial charge is 0.306 e. The molecule has 4 nitrogen and oxygen atoms in total. The molecule has 0 saturated heterocycles. The van der Waals surface area contributed by atoms with Gasteiger partial charge in [0, 0.05) is 24.6 Å². The Labute approximate surface area is 124 Å². The van der Waals surface area contributed by atoms with Crippen LogP contribution < -0.4 is 0 Å². The molecule has 1 heterocycles. The van der Waals surface area contributed by atoms with Crippen LogP contribution in [0.4, 0.5) is 0 Å². The van der Waals surface area contributed by atoms with Crippen molar-refractivity contribution in [3.63, 3.8) is 0 Å². The number of pyridine rings is 1. The van der Waals surface area contributed by atoms with Crippen LogP contribution in [0.1, 0.15) is 30.0 Å². The number of benzene rings is 1. The fourth-order valence-corrected chi connectivity index (χ4v) is 2.11. The predicted molar refractivity (Wildman–Crippen MR) is 80.1 cm³/mol. The van der Waals surface area contributed by atoms with E-state index in [1.807, 2.05) is 36.4 Å². The summed E-state index contributed by atoms with van der Waals surface area (Å²) in [6.07, 6.45) is 3.11. The van der Waals surface area contributed by atoms with E-state index in [1.54, 1.807) is 13.1 Å². The van der Waals surface area contributed by atoms with Crippen molar-refractivity contribution in [2.75, 3.05) is 6.61 Å². The van der Waals surface area contributed by atoms with E-state index in [1.165, 1.54) is 0 Å². The number of nitrogens with zero attached hydrogens (tertiary/aromatic N) is 1. The molecule has 1 aromatic carbocycles. The van der Waals surface area contributed by atoms with E-state index < -0.39 is 0 Å². The molecule has 0 saturated carbocycles. The normalized spacial score (nSPS) is 10.3. The molecule has 0 bridgehead atoms. The van der Waals surface area contributed by atoms with Gasteiger partial charge < -0.3 is 9.84 Å². The zero-order chi connectivity index (χ0) is 15.1. The molecule has 1 N–H and O–H groups in total. The Morgan fingerprint density at radius 3 is 2.71 bits per heavy atom. The van der Waals surface area contributed by atoms with Crippen molar-refractivity contribution in [3.05, 3.63) is 59.3 Å². The summed E-state index contributed by atoms with van der Waals surface area (Å²) in [5.74, 6) is -0.172. The highest BCUT2D eigenvalue weighted by Gasteiger charge is 2.08. The molecule has 0 aliphatic heterocycles. The molecule has 0 radical (unpaired) electrons. The van der Waals surface area contributed by atoms with E-state index in [2.05, 4.69) is 4.98 Å². The van der Waals surface area contributed by atoms with Gasteiger partial charge in [-0.25, -0.2) is 4.98 Å². The van der Waals surface area contributed by atoms with Crippen molar-refractivity contribution in [1.29, 1.82) is 0 Å². The Balaban J connectivity index is 2.05. The minimum atomic E-state index is -0.213. The number of ether oxygens (including phenoxy) is 1. The number of carbonyl (C=O) groups excluding carboxylic acids is 1. The van der Waals surface area contributed by atoms with Gasteiger partial charge in [0.15, 0.2) is 0 Å². The fraction of sp³-hybridized carbons (Fsp3) is 0.294. The SMILES string of the molecule is CCOC(=O)CCc1cnc(O)c(Cc2ccccc2)c1. The molecule has 2 aromatic rings. The second-order valence-corrected chi connectivity index (χ2v) is 4.79. The zero-order valence-electron chi connectivity index (χ0n) is 12.1. The number of carbonyl (C=O) groups is 1. The average Bonchev–Trinajstić information content (AvgIpc) is 2.49. The second-order valence-electron chi connectivity index (χ2n) is 4.79. The zero-order valence-corrected chi connectivity index (χ0v) is 12.1. The molecule has 2 rings (SSSR count). The average molecular weight is 285 g/mol. The Morgan fingerprint density at radius 1 is 1.24 bits per heavy atom. The van der Waals surface area contributed by atoms with Gasteiger partial charge in [-0.15, -0.1) is 0 Å². The van der Waals surface area contributed by atoms with Crippen molar-refractivity contribution in [2.45, 2.75) is 26.2 Å². The summed E-state index contributed by atoms with van der Waals surface area (Å²) < 4.78 is 4.90. The lowest BCUT2D eigenvalue weighted by Crippen LogP contribution is -2.05. The van der Waals surface area contributed by atoms with E-state index in [0.717, 1.165) is 16.7 Å². The lowest BCUT2D eigenvalue weighted by Gasteiger charge is -2.07. The molecule has 0 atom stereocenters. The van der Waals surface area contributed by atoms with Crippen LogP contribution >= 0.6 is 0 Å². The van der Waals surface area contributed by atoms with Gasteiger partial charge in [-0.05, 0) is 30.5 Å². The lowest BCUT2D eigenvalue weighted by atomic mass is 10.0. The van der Waals surface area contributed by atoms with Gasteiger partial charge in [0.25, 0.3) is 0 Å². The standard InChI is InChI=1S/C17H19NO3/c1-2-21-16(19)9-8-14-11-15(17(20)18-12-14)10-13-6-4-3-5-7-13/h3-7,11-12H,2,8-10H2,1H3,(H,18,20). The highest BCUT2D eigenvalue weighted by molar-refractivity contribution is 5.69. The van der Waals surface area contributed by atoms with Crippen molar-refractivity contribution in [2.24, 2.45) is 0 Å². The molecule has 0 spiro atoms. The van der Waals surface area contributed by atoms with Gasteiger partial charge in [-0.2, -0.15) is 0 Å². The number of esters is 1. The first-order valence-electron chi connectivity index (χ1n) is 7.05. The first-order valence-corrected chi connectivity index (χ1v) is 7.05. The molecule has 21 heavy (non-hydrogen) atoms. The Hall–Kier alpha value is -2.36. The molecule has 0 unspecified atom stereocenters. The number of aryl methyl sites for hydroxylation is 1. The fourth-order valence-electron chi connectivity index (χ4n) is 2.11. The highest BCUT2D eigenvalue weighted by Crippen LogP contribution is 2.19. The van der Waals surface area contributed by atoms with Crippen molar-refractivity contribution >= 4 is 5.97 Å². The summed E-state index contributed by atoms with van der Waals surface area (Å²) in [5, 5.41) is 9.86. The molecule has 0 fully saturated rings. The van der Waals surface area contributed by atoms with E-state index in [0.29, 0.717) is 25.9 Å². The third-order valence-electron chi connectivity index (χ3n) is 3.16. The minimum Gasteiger partial charge on any atom is -0.493 e. The van der Waals surface area contributed by atoms with Gasteiger partial charge in [0.05, 0.1) is 6.61 Å².